The predicted molar refractivity (Wildman–Crippen MR) is 61.3 cm³/mol. The molecule has 0 aliphatic carbocycles. The number of rotatable bonds is 5. The number of phenolic OH excluding ortho intramolecular Hbond substituents is 2. The number of phenols is 2. The molecule has 2 N–H and O–H groups in total. The van der Waals surface area contributed by atoms with Gasteiger partial charge in [0.15, 0.2) is 11.5 Å². The number of carbonyl (C=O) groups is 2. The van der Waals surface area contributed by atoms with E-state index in [0.29, 0.717) is 0 Å². The zero-order valence-electron chi connectivity index (χ0n) is 9.88. The minimum atomic E-state index is -0.617. The Balaban J connectivity index is 2.44. The molecule has 0 heterocycles. The smallest absolute Gasteiger partial charge is 0.311 e. The van der Waals surface area contributed by atoms with Crippen molar-refractivity contribution in [2.45, 2.75) is 19.8 Å². The highest BCUT2D eigenvalue weighted by Crippen LogP contribution is 2.28. The van der Waals surface area contributed by atoms with Crippen molar-refractivity contribution in [3.63, 3.8) is 0 Å². The lowest BCUT2D eigenvalue weighted by atomic mass is 10.3. The van der Waals surface area contributed by atoms with Crippen LogP contribution in [0.2, 0.25) is 0 Å². The Hall–Kier alpha value is -2.24. The molecule has 98 valence electrons. The van der Waals surface area contributed by atoms with Crippen LogP contribution < -0.4 is 4.74 Å². The van der Waals surface area contributed by atoms with E-state index >= 15 is 0 Å². The standard InChI is InChI=1S/C12H14O6/c1-2-17-11(15)5-6-12(16)18-8-3-4-9(13)10(14)7-8/h3-4,7,13-14H,2,5-6H2,1H3. The molecule has 0 atom stereocenters. The quantitative estimate of drug-likeness (QED) is 0.468. The molecule has 6 nitrogen and oxygen atoms in total. The summed E-state index contributed by atoms with van der Waals surface area (Å²) >= 11 is 0. The minimum absolute atomic E-state index is 0.0588. The molecule has 0 bridgehead atoms. The Kier molecular flexibility index (Phi) is 4.98. The summed E-state index contributed by atoms with van der Waals surface area (Å²) in [5.41, 5.74) is 0. The van der Waals surface area contributed by atoms with Gasteiger partial charge in [-0.05, 0) is 19.1 Å². The first-order valence-electron chi connectivity index (χ1n) is 5.41. The van der Waals surface area contributed by atoms with Crippen LogP contribution in [0.15, 0.2) is 18.2 Å². The third-order valence-corrected chi connectivity index (χ3v) is 2.02. The largest absolute Gasteiger partial charge is 0.504 e. The van der Waals surface area contributed by atoms with E-state index in [0.717, 1.165) is 6.07 Å². The maximum Gasteiger partial charge on any atom is 0.311 e. The van der Waals surface area contributed by atoms with Crippen LogP contribution in [0.25, 0.3) is 0 Å². The Morgan fingerprint density at radius 1 is 1.11 bits per heavy atom. The third kappa shape index (κ3) is 4.32. The van der Waals surface area contributed by atoms with Gasteiger partial charge in [-0.15, -0.1) is 0 Å². The molecule has 0 fully saturated rings. The second-order valence-corrected chi connectivity index (χ2v) is 3.43. The summed E-state index contributed by atoms with van der Waals surface area (Å²) in [5, 5.41) is 18.2. The molecule has 0 aromatic heterocycles. The lowest BCUT2D eigenvalue weighted by molar-refractivity contribution is -0.146. The van der Waals surface area contributed by atoms with Crippen molar-refractivity contribution >= 4 is 11.9 Å². The Labute approximate surface area is 104 Å². The number of ether oxygens (including phenoxy) is 2. The van der Waals surface area contributed by atoms with Crippen LogP contribution >= 0.6 is 0 Å². The maximum absolute atomic E-state index is 11.3. The summed E-state index contributed by atoms with van der Waals surface area (Å²) in [5.74, 6) is -1.68. The van der Waals surface area contributed by atoms with Crippen LogP contribution in [0.1, 0.15) is 19.8 Å². The summed E-state index contributed by atoms with van der Waals surface area (Å²) < 4.78 is 9.52. The number of benzene rings is 1. The third-order valence-electron chi connectivity index (χ3n) is 2.02. The van der Waals surface area contributed by atoms with E-state index < -0.39 is 11.9 Å². The van der Waals surface area contributed by atoms with E-state index in [2.05, 4.69) is 4.74 Å². The summed E-state index contributed by atoms with van der Waals surface area (Å²) in [6.07, 6.45) is -0.169. The number of carbonyl (C=O) groups excluding carboxylic acids is 2. The average Bonchev–Trinajstić information content (AvgIpc) is 2.32. The first-order valence-corrected chi connectivity index (χ1v) is 5.41. The summed E-state index contributed by atoms with van der Waals surface area (Å²) in [6.45, 7) is 1.94. The van der Waals surface area contributed by atoms with Crippen molar-refractivity contribution in [1.82, 2.24) is 0 Å². The van der Waals surface area contributed by atoms with Gasteiger partial charge in [0.25, 0.3) is 0 Å². The molecule has 0 radical (unpaired) electrons. The maximum atomic E-state index is 11.3. The molecule has 0 amide bonds. The van der Waals surface area contributed by atoms with E-state index in [1.807, 2.05) is 0 Å². The van der Waals surface area contributed by atoms with Crippen LogP contribution in [0.4, 0.5) is 0 Å². The van der Waals surface area contributed by atoms with Crippen molar-refractivity contribution in [3.8, 4) is 17.2 Å². The second-order valence-electron chi connectivity index (χ2n) is 3.43. The van der Waals surface area contributed by atoms with Crippen LogP contribution in [0.3, 0.4) is 0 Å². The van der Waals surface area contributed by atoms with E-state index in [9.17, 15) is 14.7 Å². The number of hydrogen-bond donors (Lipinski definition) is 2. The SMILES string of the molecule is CCOC(=O)CCC(=O)Oc1ccc(O)c(O)c1. The van der Waals surface area contributed by atoms with Gasteiger partial charge in [-0.1, -0.05) is 0 Å². The van der Waals surface area contributed by atoms with Crippen molar-refractivity contribution in [1.29, 1.82) is 0 Å². The summed E-state index contributed by atoms with van der Waals surface area (Å²) in [6, 6.07) is 3.64. The molecule has 1 aromatic carbocycles. The number of esters is 2. The predicted octanol–water partition coefficient (Wildman–Crippen LogP) is 1.35. The van der Waals surface area contributed by atoms with E-state index in [4.69, 9.17) is 9.84 Å². The van der Waals surface area contributed by atoms with Gasteiger partial charge in [0.2, 0.25) is 0 Å². The molecule has 18 heavy (non-hydrogen) atoms. The lowest BCUT2D eigenvalue weighted by Gasteiger charge is -2.05. The fourth-order valence-corrected chi connectivity index (χ4v) is 1.19. The molecular formula is C12H14O6. The van der Waals surface area contributed by atoms with Gasteiger partial charge in [0.05, 0.1) is 19.4 Å². The van der Waals surface area contributed by atoms with E-state index in [-0.39, 0.29) is 36.7 Å². The number of aromatic hydroxyl groups is 2. The summed E-state index contributed by atoms with van der Waals surface area (Å²) in [7, 11) is 0. The minimum Gasteiger partial charge on any atom is -0.504 e. The normalized spacial score (nSPS) is 9.83. The Morgan fingerprint density at radius 3 is 2.39 bits per heavy atom. The molecule has 0 unspecified atom stereocenters. The highest BCUT2D eigenvalue weighted by atomic mass is 16.5. The van der Waals surface area contributed by atoms with Crippen LogP contribution in [-0.4, -0.2) is 28.8 Å². The van der Waals surface area contributed by atoms with Crippen LogP contribution in [-0.2, 0) is 14.3 Å². The van der Waals surface area contributed by atoms with Gasteiger partial charge >= 0.3 is 11.9 Å². The summed E-state index contributed by atoms with van der Waals surface area (Å²) in [4.78, 5) is 22.3. The zero-order valence-corrected chi connectivity index (χ0v) is 9.88. The van der Waals surface area contributed by atoms with Crippen molar-refractivity contribution in [2.75, 3.05) is 6.61 Å². The Morgan fingerprint density at radius 2 is 1.78 bits per heavy atom. The van der Waals surface area contributed by atoms with Crippen molar-refractivity contribution in [2.24, 2.45) is 0 Å². The van der Waals surface area contributed by atoms with Gasteiger partial charge < -0.3 is 19.7 Å². The van der Waals surface area contributed by atoms with Crippen molar-refractivity contribution < 1.29 is 29.3 Å². The molecule has 0 saturated carbocycles. The first-order chi connectivity index (χ1) is 8.52. The fraction of sp³-hybridized carbons (Fsp3) is 0.333. The molecule has 1 rings (SSSR count). The molecule has 0 spiro atoms. The van der Waals surface area contributed by atoms with Crippen LogP contribution in [0, 0.1) is 0 Å². The van der Waals surface area contributed by atoms with Gasteiger partial charge in [-0.3, -0.25) is 9.59 Å². The van der Waals surface area contributed by atoms with Gasteiger partial charge in [-0.2, -0.15) is 0 Å². The molecular weight excluding hydrogens is 240 g/mol. The van der Waals surface area contributed by atoms with E-state index in [1.165, 1.54) is 12.1 Å². The molecule has 0 aliphatic rings. The second kappa shape index (κ2) is 6.48. The molecule has 0 saturated heterocycles. The monoisotopic (exact) mass is 254 g/mol. The zero-order chi connectivity index (χ0) is 13.5. The molecule has 6 heteroatoms. The van der Waals surface area contributed by atoms with Crippen molar-refractivity contribution in [3.05, 3.63) is 18.2 Å². The molecule has 1 aromatic rings. The first kappa shape index (κ1) is 13.8. The topological polar surface area (TPSA) is 93.1 Å². The van der Waals surface area contributed by atoms with Gasteiger partial charge in [0, 0.05) is 6.07 Å². The highest BCUT2D eigenvalue weighted by Gasteiger charge is 2.10. The Bertz CT molecular complexity index is 440. The highest BCUT2D eigenvalue weighted by molar-refractivity contribution is 5.79. The molecule has 0 aliphatic heterocycles. The average molecular weight is 254 g/mol. The van der Waals surface area contributed by atoms with Gasteiger partial charge in [0.1, 0.15) is 5.75 Å². The fourth-order valence-electron chi connectivity index (χ4n) is 1.19. The van der Waals surface area contributed by atoms with E-state index in [1.54, 1.807) is 6.92 Å². The van der Waals surface area contributed by atoms with Crippen LogP contribution in [0.5, 0.6) is 17.2 Å². The number of hydrogen-bond acceptors (Lipinski definition) is 6. The van der Waals surface area contributed by atoms with Gasteiger partial charge in [-0.25, -0.2) is 0 Å². The lowest BCUT2D eigenvalue weighted by Crippen LogP contribution is -2.12.